The molecule has 2 aliphatic rings. The van der Waals surface area contributed by atoms with Gasteiger partial charge in [-0.15, -0.1) is 0 Å². The van der Waals surface area contributed by atoms with Gasteiger partial charge < -0.3 is 20.3 Å². The first-order chi connectivity index (χ1) is 12.5. The summed E-state index contributed by atoms with van der Waals surface area (Å²) in [7, 11) is 3.21. The van der Waals surface area contributed by atoms with Crippen LogP contribution in [-0.2, 0) is 14.3 Å². The molecule has 1 aromatic carbocycles. The van der Waals surface area contributed by atoms with Gasteiger partial charge in [0.2, 0.25) is 5.91 Å². The number of nitrogens with one attached hydrogen (secondary N) is 3. The van der Waals surface area contributed by atoms with Crippen LogP contribution in [-0.4, -0.2) is 61.6 Å². The Hall–Kier alpha value is -2.61. The molecule has 1 aromatic rings. The maximum atomic E-state index is 12.8. The molecular weight excluding hydrogens is 336 g/mol. The smallest absolute Gasteiger partial charge is 0.412 e. The molecule has 3 rings (SSSR count). The molecule has 3 amide bonds. The predicted molar refractivity (Wildman–Crippen MR) is 95.5 cm³/mol. The van der Waals surface area contributed by atoms with E-state index in [0.29, 0.717) is 31.6 Å². The van der Waals surface area contributed by atoms with Gasteiger partial charge in [-0.1, -0.05) is 18.2 Å². The summed E-state index contributed by atoms with van der Waals surface area (Å²) < 4.78 is 5.44. The summed E-state index contributed by atoms with van der Waals surface area (Å²) in [6, 6.07) is 8.82. The van der Waals surface area contributed by atoms with Crippen LogP contribution in [0.5, 0.6) is 0 Å². The zero-order valence-corrected chi connectivity index (χ0v) is 15.0. The topological polar surface area (TPSA) is 99.8 Å². The van der Waals surface area contributed by atoms with E-state index in [4.69, 9.17) is 4.74 Å². The second-order valence-electron chi connectivity index (χ2n) is 6.66. The highest BCUT2D eigenvalue weighted by atomic mass is 16.6. The van der Waals surface area contributed by atoms with Crippen LogP contribution >= 0.6 is 0 Å². The minimum absolute atomic E-state index is 0.290. The summed E-state index contributed by atoms with van der Waals surface area (Å²) >= 11 is 0. The van der Waals surface area contributed by atoms with Crippen LogP contribution in [0.4, 0.5) is 10.5 Å². The van der Waals surface area contributed by atoms with Crippen molar-refractivity contribution in [3.63, 3.8) is 0 Å². The van der Waals surface area contributed by atoms with Gasteiger partial charge in [-0.05, 0) is 38.1 Å². The lowest BCUT2D eigenvalue weighted by atomic mass is 9.76. The lowest BCUT2D eigenvalue weighted by molar-refractivity contribution is -0.137. The number of carbonyl (C=O) groups is 3. The van der Waals surface area contributed by atoms with Crippen molar-refractivity contribution in [1.82, 2.24) is 15.5 Å². The number of likely N-dealkylation sites (tertiary alicyclic amines) is 1. The lowest BCUT2D eigenvalue weighted by Gasteiger charge is -2.42. The van der Waals surface area contributed by atoms with E-state index in [1.54, 1.807) is 36.2 Å². The van der Waals surface area contributed by atoms with Crippen molar-refractivity contribution in [2.75, 3.05) is 32.5 Å². The molecule has 0 unspecified atom stereocenters. The van der Waals surface area contributed by atoms with E-state index in [-0.39, 0.29) is 11.8 Å². The van der Waals surface area contributed by atoms with E-state index in [1.807, 2.05) is 6.07 Å². The first-order valence-electron chi connectivity index (χ1n) is 8.72. The summed E-state index contributed by atoms with van der Waals surface area (Å²) in [4.78, 5) is 39.3. The Balaban J connectivity index is 1.83. The standard InChI is InChI=1S/C18H24N4O4/c1-19-15(23)13-14(26-17(25)21-12-6-4-3-5-7-12)16(24)22(2)18(13)8-10-20-11-9-18/h3-7,13-14,20H,8-11H2,1-2H3,(H,19,23)(H,21,25)/t13-,14+/m0/s1. The molecule has 2 fully saturated rings. The Morgan fingerprint density at radius 2 is 1.88 bits per heavy atom. The van der Waals surface area contributed by atoms with Crippen molar-refractivity contribution in [2.24, 2.45) is 5.92 Å². The second-order valence-corrected chi connectivity index (χ2v) is 6.66. The van der Waals surface area contributed by atoms with Crippen LogP contribution in [0.3, 0.4) is 0 Å². The van der Waals surface area contributed by atoms with E-state index in [0.717, 1.165) is 0 Å². The molecule has 1 spiro atoms. The molecule has 2 atom stereocenters. The van der Waals surface area contributed by atoms with Crippen LogP contribution < -0.4 is 16.0 Å². The molecule has 2 heterocycles. The summed E-state index contributed by atoms with van der Waals surface area (Å²) in [5, 5.41) is 8.47. The van der Waals surface area contributed by atoms with E-state index in [1.165, 1.54) is 7.05 Å². The molecule has 2 saturated heterocycles. The molecule has 0 radical (unpaired) electrons. The number of para-hydroxylation sites is 1. The third-order valence-electron chi connectivity index (χ3n) is 5.38. The van der Waals surface area contributed by atoms with Gasteiger partial charge in [0.1, 0.15) is 5.92 Å². The van der Waals surface area contributed by atoms with Crippen molar-refractivity contribution in [1.29, 1.82) is 0 Å². The van der Waals surface area contributed by atoms with Crippen LogP contribution in [0.2, 0.25) is 0 Å². The van der Waals surface area contributed by atoms with Crippen molar-refractivity contribution in [3.8, 4) is 0 Å². The van der Waals surface area contributed by atoms with Gasteiger partial charge in [-0.3, -0.25) is 14.9 Å². The number of ether oxygens (including phenoxy) is 1. The molecule has 3 N–H and O–H groups in total. The van der Waals surface area contributed by atoms with E-state index < -0.39 is 23.7 Å². The average molecular weight is 360 g/mol. The predicted octanol–water partition coefficient (Wildman–Crippen LogP) is 0.560. The van der Waals surface area contributed by atoms with Crippen LogP contribution in [0.25, 0.3) is 0 Å². The Morgan fingerprint density at radius 1 is 1.23 bits per heavy atom. The zero-order valence-electron chi connectivity index (χ0n) is 15.0. The summed E-state index contributed by atoms with van der Waals surface area (Å²) in [6.07, 6.45) is -0.620. The van der Waals surface area contributed by atoms with Crippen molar-refractivity contribution < 1.29 is 19.1 Å². The lowest BCUT2D eigenvalue weighted by Crippen LogP contribution is -2.57. The van der Waals surface area contributed by atoms with Gasteiger partial charge in [0.05, 0.1) is 5.54 Å². The number of hydrogen-bond acceptors (Lipinski definition) is 5. The highest BCUT2D eigenvalue weighted by Gasteiger charge is 2.61. The fourth-order valence-corrected chi connectivity index (χ4v) is 3.99. The van der Waals surface area contributed by atoms with Gasteiger partial charge in [-0.2, -0.15) is 0 Å². The van der Waals surface area contributed by atoms with Gasteiger partial charge in [0, 0.05) is 19.8 Å². The molecule has 0 bridgehead atoms. The fourth-order valence-electron chi connectivity index (χ4n) is 3.99. The Kier molecular flexibility index (Phi) is 5.13. The number of benzene rings is 1. The molecule has 140 valence electrons. The Labute approximate surface area is 152 Å². The summed E-state index contributed by atoms with van der Waals surface area (Å²) in [5.41, 5.74) is -0.0792. The molecule has 26 heavy (non-hydrogen) atoms. The van der Waals surface area contributed by atoms with Crippen molar-refractivity contribution in [3.05, 3.63) is 30.3 Å². The van der Waals surface area contributed by atoms with Gasteiger partial charge >= 0.3 is 6.09 Å². The average Bonchev–Trinajstić information content (AvgIpc) is 2.84. The monoisotopic (exact) mass is 360 g/mol. The maximum absolute atomic E-state index is 12.8. The minimum atomic E-state index is -1.14. The van der Waals surface area contributed by atoms with E-state index in [2.05, 4.69) is 16.0 Å². The number of piperidine rings is 1. The number of carbonyl (C=O) groups excluding carboxylic acids is 3. The highest BCUT2D eigenvalue weighted by Crippen LogP contribution is 2.43. The molecule has 8 heteroatoms. The van der Waals surface area contributed by atoms with Crippen LogP contribution in [0.1, 0.15) is 12.8 Å². The number of nitrogens with zero attached hydrogens (tertiary/aromatic N) is 1. The van der Waals surface area contributed by atoms with Gasteiger partial charge in [-0.25, -0.2) is 4.79 Å². The second kappa shape index (κ2) is 7.33. The third-order valence-corrected chi connectivity index (χ3v) is 5.38. The fraction of sp³-hybridized carbons (Fsp3) is 0.500. The summed E-state index contributed by atoms with van der Waals surface area (Å²) in [6.45, 7) is 1.40. The molecule has 0 aromatic heterocycles. The third kappa shape index (κ3) is 3.12. The van der Waals surface area contributed by atoms with Crippen molar-refractivity contribution in [2.45, 2.75) is 24.5 Å². The summed E-state index contributed by atoms with van der Waals surface area (Å²) in [5.74, 6) is -1.38. The Morgan fingerprint density at radius 3 is 2.50 bits per heavy atom. The van der Waals surface area contributed by atoms with Gasteiger partial charge in [0.25, 0.3) is 5.91 Å². The SMILES string of the molecule is CNC(=O)[C@@H]1[C@@H](OC(=O)Nc2ccccc2)C(=O)N(C)C12CCNCC2. The molecule has 0 aliphatic carbocycles. The maximum Gasteiger partial charge on any atom is 0.412 e. The van der Waals surface area contributed by atoms with Crippen LogP contribution in [0.15, 0.2) is 30.3 Å². The minimum Gasteiger partial charge on any atom is -0.435 e. The number of rotatable bonds is 3. The van der Waals surface area contributed by atoms with Crippen molar-refractivity contribution >= 4 is 23.6 Å². The first-order valence-corrected chi connectivity index (χ1v) is 8.72. The number of hydrogen-bond donors (Lipinski definition) is 3. The van der Waals surface area contributed by atoms with E-state index >= 15 is 0 Å². The molecule has 8 nitrogen and oxygen atoms in total. The highest BCUT2D eigenvalue weighted by molar-refractivity contribution is 5.97. The zero-order chi connectivity index (χ0) is 18.7. The number of anilines is 1. The molecule has 0 saturated carbocycles. The number of likely N-dealkylation sites (N-methyl/N-ethyl adjacent to an activating group) is 1. The quantitative estimate of drug-likeness (QED) is 0.731. The van der Waals surface area contributed by atoms with Gasteiger partial charge in [0.15, 0.2) is 6.10 Å². The van der Waals surface area contributed by atoms with Crippen LogP contribution in [0, 0.1) is 5.92 Å². The Bertz CT molecular complexity index is 688. The largest absolute Gasteiger partial charge is 0.435 e. The normalized spacial score (nSPS) is 24.4. The first kappa shape index (κ1) is 18.2. The molecular formula is C18H24N4O4. The number of amides is 3. The van der Waals surface area contributed by atoms with E-state index in [9.17, 15) is 14.4 Å². The molecule has 2 aliphatic heterocycles.